The summed E-state index contributed by atoms with van der Waals surface area (Å²) < 4.78 is 21.8. The number of Topliss-reactive ketones (excluding diaryl/α,β-unsaturated/α-hetero) is 1. The van der Waals surface area contributed by atoms with Crippen LogP contribution in [0.3, 0.4) is 0 Å². The zero-order valence-corrected chi connectivity index (χ0v) is 19.7. The molecule has 11 heteroatoms. The molecule has 0 spiro atoms. The summed E-state index contributed by atoms with van der Waals surface area (Å²) in [5.74, 6) is -2.41. The second-order valence-electron chi connectivity index (χ2n) is 8.22. The molecule has 0 unspecified atom stereocenters. The van der Waals surface area contributed by atoms with Gasteiger partial charge in [0.15, 0.2) is 11.9 Å². The van der Waals surface area contributed by atoms with Crippen molar-refractivity contribution in [3.8, 4) is 17.2 Å². The second kappa shape index (κ2) is 11.8. The van der Waals surface area contributed by atoms with Gasteiger partial charge in [-0.2, -0.15) is 0 Å². The van der Waals surface area contributed by atoms with Gasteiger partial charge in [0.2, 0.25) is 12.4 Å². The van der Waals surface area contributed by atoms with Crippen LogP contribution in [0.2, 0.25) is 0 Å². The molecule has 11 nitrogen and oxygen atoms in total. The van der Waals surface area contributed by atoms with Crippen molar-refractivity contribution in [2.75, 3.05) is 6.61 Å². The van der Waals surface area contributed by atoms with Gasteiger partial charge in [0, 0.05) is 20.3 Å². The molecule has 0 aromatic heterocycles. The first-order valence-corrected chi connectivity index (χ1v) is 11.2. The number of phenolic OH excluding ortho intramolecular Hbond substituents is 2. The number of carbonyl (C=O) groups is 3. The predicted octanol–water partition coefficient (Wildman–Crippen LogP) is 1.23. The van der Waals surface area contributed by atoms with Crippen LogP contribution in [0.15, 0.2) is 42.5 Å². The normalized spacial score (nSPS) is 23.5. The van der Waals surface area contributed by atoms with E-state index in [1.807, 2.05) is 0 Å². The first kappa shape index (κ1) is 26.9. The molecule has 0 radical (unpaired) electrons. The van der Waals surface area contributed by atoms with E-state index in [-0.39, 0.29) is 29.2 Å². The number of ketones is 1. The molecule has 1 fully saturated rings. The van der Waals surface area contributed by atoms with E-state index >= 15 is 0 Å². The number of esters is 2. The summed E-state index contributed by atoms with van der Waals surface area (Å²) in [5.41, 5.74) is 0.630. The third-order valence-corrected chi connectivity index (χ3v) is 5.51. The van der Waals surface area contributed by atoms with Crippen LogP contribution in [0.5, 0.6) is 17.2 Å². The van der Waals surface area contributed by atoms with Gasteiger partial charge in [0.25, 0.3) is 0 Å². The van der Waals surface area contributed by atoms with Crippen LogP contribution in [-0.2, 0) is 30.2 Å². The Morgan fingerprint density at radius 3 is 2.19 bits per heavy atom. The minimum absolute atomic E-state index is 0.00828. The number of carbonyl (C=O) groups excluding carboxylic acids is 3. The molecule has 0 bridgehead atoms. The zero-order chi connectivity index (χ0) is 26.4. The van der Waals surface area contributed by atoms with Crippen molar-refractivity contribution in [2.24, 2.45) is 0 Å². The molecule has 1 aliphatic heterocycles. The van der Waals surface area contributed by atoms with E-state index in [0.29, 0.717) is 6.42 Å². The molecule has 1 heterocycles. The molecule has 1 aliphatic rings. The van der Waals surface area contributed by atoms with Crippen LogP contribution in [0.4, 0.5) is 0 Å². The van der Waals surface area contributed by atoms with E-state index in [2.05, 4.69) is 0 Å². The van der Waals surface area contributed by atoms with Crippen molar-refractivity contribution >= 4 is 17.7 Å². The Morgan fingerprint density at radius 1 is 0.944 bits per heavy atom. The van der Waals surface area contributed by atoms with Gasteiger partial charge in [-0.15, -0.1) is 0 Å². The van der Waals surface area contributed by atoms with Gasteiger partial charge in [-0.1, -0.05) is 18.2 Å². The van der Waals surface area contributed by atoms with Gasteiger partial charge in [-0.05, 0) is 36.2 Å². The van der Waals surface area contributed by atoms with Gasteiger partial charge >= 0.3 is 11.9 Å². The Bertz CT molecular complexity index is 1080. The topological polar surface area (TPSA) is 169 Å². The number of aliphatic hydroxyl groups excluding tert-OH is 2. The van der Waals surface area contributed by atoms with E-state index in [4.69, 9.17) is 18.9 Å². The highest BCUT2D eigenvalue weighted by molar-refractivity contribution is 6.01. The van der Waals surface area contributed by atoms with Crippen molar-refractivity contribution in [3.63, 3.8) is 0 Å². The minimum atomic E-state index is -1.54. The Morgan fingerprint density at radius 2 is 1.58 bits per heavy atom. The van der Waals surface area contributed by atoms with Crippen LogP contribution in [0.25, 0.3) is 0 Å². The molecule has 0 saturated carbocycles. The third-order valence-electron chi connectivity index (χ3n) is 5.51. The number of aryl methyl sites for hydroxylation is 1. The summed E-state index contributed by atoms with van der Waals surface area (Å²) >= 11 is 0. The molecule has 0 amide bonds. The number of phenols is 2. The summed E-state index contributed by atoms with van der Waals surface area (Å²) in [7, 11) is 0. The smallest absolute Gasteiger partial charge is 0.303 e. The first-order valence-electron chi connectivity index (χ1n) is 11.2. The number of rotatable bonds is 9. The molecule has 4 N–H and O–H groups in total. The lowest BCUT2D eigenvalue weighted by Gasteiger charge is -2.42. The SMILES string of the molecule is CC(=O)O[C@H]1[C@H](Oc2cccc(O)c2C(=O)CCc2ccc(O)cc2)O[C@H](CO)[C@@H](O)[C@@H]1OC(C)=O. The summed E-state index contributed by atoms with van der Waals surface area (Å²) in [5, 5.41) is 40.0. The Kier molecular flexibility index (Phi) is 8.86. The summed E-state index contributed by atoms with van der Waals surface area (Å²) in [4.78, 5) is 36.4. The average molecular weight is 504 g/mol. The molecular weight excluding hydrogens is 476 g/mol. The van der Waals surface area contributed by atoms with Gasteiger partial charge < -0.3 is 39.4 Å². The molecule has 5 atom stereocenters. The van der Waals surface area contributed by atoms with E-state index in [1.54, 1.807) is 12.1 Å². The molecule has 2 aromatic carbocycles. The first-order chi connectivity index (χ1) is 17.1. The lowest BCUT2D eigenvalue weighted by atomic mass is 9.98. The number of aliphatic hydroxyl groups is 2. The van der Waals surface area contributed by atoms with Gasteiger partial charge in [0.1, 0.15) is 35.0 Å². The molecule has 36 heavy (non-hydrogen) atoms. The van der Waals surface area contributed by atoms with Gasteiger partial charge in [-0.3, -0.25) is 14.4 Å². The maximum Gasteiger partial charge on any atom is 0.303 e. The van der Waals surface area contributed by atoms with Crippen LogP contribution >= 0.6 is 0 Å². The summed E-state index contributed by atoms with van der Waals surface area (Å²) in [6, 6.07) is 10.4. The van der Waals surface area contributed by atoms with E-state index in [0.717, 1.165) is 19.4 Å². The number of hydrogen-bond acceptors (Lipinski definition) is 11. The Labute approximate surface area is 206 Å². The number of aromatic hydroxyl groups is 2. The Hall–Kier alpha value is -3.67. The van der Waals surface area contributed by atoms with Crippen molar-refractivity contribution in [3.05, 3.63) is 53.6 Å². The zero-order valence-electron chi connectivity index (χ0n) is 19.7. The number of benzene rings is 2. The fourth-order valence-electron chi connectivity index (χ4n) is 3.85. The highest BCUT2D eigenvalue weighted by Crippen LogP contribution is 2.34. The van der Waals surface area contributed by atoms with E-state index < -0.39 is 55.0 Å². The average Bonchev–Trinajstić information content (AvgIpc) is 2.82. The monoisotopic (exact) mass is 504 g/mol. The van der Waals surface area contributed by atoms with Crippen molar-refractivity contribution < 1.29 is 53.8 Å². The van der Waals surface area contributed by atoms with E-state index in [1.165, 1.54) is 30.3 Å². The fraction of sp³-hybridized carbons (Fsp3) is 0.400. The van der Waals surface area contributed by atoms with Crippen molar-refractivity contribution in [1.29, 1.82) is 0 Å². The molecule has 0 aliphatic carbocycles. The summed E-state index contributed by atoms with van der Waals surface area (Å²) in [6.45, 7) is 1.51. The maximum atomic E-state index is 13.0. The van der Waals surface area contributed by atoms with Crippen molar-refractivity contribution in [2.45, 2.75) is 57.4 Å². The largest absolute Gasteiger partial charge is 0.508 e. The van der Waals surface area contributed by atoms with E-state index in [9.17, 15) is 34.8 Å². The number of ether oxygens (including phenoxy) is 4. The molecular formula is C25H28O11. The highest BCUT2D eigenvalue weighted by atomic mass is 16.7. The predicted molar refractivity (Wildman–Crippen MR) is 122 cm³/mol. The molecule has 194 valence electrons. The van der Waals surface area contributed by atoms with Crippen molar-refractivity contribution in [1.82, 2.24) is 0 Å². The second-order valence-corrected chi connectivity index (χ2v) is 8.22. The lowest BCUT2D eigenvalue weighted by molar-refractivity contribution is -0.285. The van der Waals surface area contributed by atoms with Crippen LogP contribution < -0.4 is 4.74 Å². The van der Waals surface area contributed by atoms with Crippen LogP contribution in [0.1, 0.15) is 36.2 Å². The minimum Gasteiger partial charge on any atom is -0.508 e. The van der Waals surface area contributed by atoms with Gasteiger partial charge in [0.05, 0.1) is 6.61 Å². The molecule has 3 rings (SSSR count). The summed E-state index contributed by atoms with van der Waals surface area (Å²) in [6.07, 6.45) is -6.90. The maximum absolute atomic E-state index is 13.0. The highest BCUT2D eigenvalue weighted by Gasteiger charge is 2.50. The van der Waals surface area contributed by atoms with Crippen LogP contribution in [-0.4, -0.2) is 75.5 Å². The number of hydrogen-bond donors (Lipinski definition) is 4. The van der Waals surface area contributed by atoms with Gasteiger partial charge in [-0.25, -0.2) is 0 Å². The lowest BCUT2D eigenvalue weighted by Crippen LogP contribution is -2.62. The molecule has 2 aromatic rings. The quantitative estimate of drug-likeness (QED) is 0.286. The standard InChI is InChI=1S/C25H28O11/c1-13(27)33-23-22(32)20(12-26)36-25(24(23)34-14(2)28)35-19-5-3-4-17(30)21(19)18(31)11-8-15-6-9-16(29)10-7-15/h3-7,9-10,20,22-26,29-30,32H,8,11-12H2,1-2H3/t20-,22-,23+,24-,25-/m1/s1. The molecule has 1 saturated heterocycles. The fourth-order valence-corrected chi connectivity index (χ4v) is 3.85. The Balaban J connectivity index is 1.88. The third kappa shape index (κ3) is 6.51. The van der Waals surface area contributed by atoms with Crippen LogP contribution in [0, 0.1) is 0 Å².